The second kappa shape index (κ2) is 5.53. The zero-order chi connectivity index (χ0) is 15.6. The van der Waals surface area contributed by atoms with Gasteiger partial charge in [-0.3, -0.25) is 29.3 Å². The van der Waals surface area contributed by atoms with E-state index < -0.39 is 21.9 Å². The number of aryl methyl sites for hydroxylation is 1. The Balaban J connectivity index is 2.38. The first-order chi connectivity index (χ1) is 9.88. The van der Waals surface area contributed by atoms with Crippen molar-refractivity contribution in [3.8, 4) is 0 Å². The van der Waals surface area contributed by atoms with E-state index in [1.54, 1.807) is 18.2 Å². The van der Waals surface area contributed by atoms with Crippen LogP contribution in [0.3, 0.4) is 0 Å². The summed E-state index contributed by atoms with van der Waals surface area (Å²) in [5.41, 5.74) is -1.49. The average Bonchev–Trinajstić information content (AvgIpc) is 2.41. The Labute approximate surface area is 117 Å². The summed E-state index contributed by atoms with van der Waals surface area (Å²) < 4.78 is 0.810. The number of ketones is 1. The molecule has 0 aliphatic heterocycles. The summed E-state index contributed by atoms with van der Waals surface area (Å²) in [6.45, 7) is 1.42. The van der Waals surface area contributed by atoms with Gasteiger partial charge in [0.25, 0.3) is 0 Å². The Morgan fingerprint density at radius 2 is 2.10 bits per heavy atom. The molecule has 0 atom stereocenters. The minimum atomic E-state index is -1.09. The molecule has 0 unspecified atom stereocenters. The summed E-state index contributed by atoms with van der Waals surface area (Å²) >= 11 is 0. The van der Waals surface area contributed by atoms with E-state index in [9.17, 15) is 24.5 Å². The van der Waals surface area contributed by atoms with Gasteiger partial charge < -0.3 is 0 Å². The number of aromatic nitrogens is 2. The van der Waals surface area contributed by atoms with Crippen LogP contribution in [0.5, 0.6) is 0 Å². The van der Waals surface area contributed by atoms with Gasteiger partial charge in [-0.15, -0.1) is 0 Å². The summed E-state index contributed by atoms with van der Waals surface area (Å²) in [4.78, 5) is 46.5. The molecule has 1 heterocycles. The maximum absolute atomic E-state index is 12.1. The summed E-state index contributed by atoms with van der Waals surface area (Å²) in [5, 5.41) is 10.7. The van der Waals surface area contributed by atoms with Crippen molar-refractivity contribution in [1.29, 1.82) is 0 Å². The maximum Gasteiger partial charge on any atom is 0.350 e. The highest BCUT2D eigenvalue weighted by Crippen LogP contribution is 2.06. The van der Waals surface area contributed by atoms with Crippen molar-refractivity contribution in [2.24, 2.45) is 0 Å². The molecule has 0 radical (unpaired) electrons. The molecule has 0 saturated carbocycles. The number of aromatic amines is 1. The molecule has 0 fully saturated rings. The van der Waals surface area contributed by atoms with E-state index in [1.165, 1.54) is 0 Å². The van der Waals surface area contributed by atoms with Gasteiger partial charge in [0.15, 0.2) is 5.78 Å². The first-order valence-electron chi connectivity index (χ1n) is 5.96. The molecule has 108 valence electrons. The van der Waals surface area contributed by atoms with E-state index in [2.05, 4.69) is 0 Å². The molecule has 0 aliphatic rings. The lowest BCUT2D eigenvalue weighted by Crippen LogP contribution is -2.32. The number of H-pyrrole nitrogens is 1. The Kier molecular flexibility index (Phi) is 3.79. The van der Waals surface area contributed by atoms with Crippen LogP contribution in [-0.4, -0.2) is 20.3 Å². The zero-order valence-electron chi connectivity index (χ0n) is 11.0. The van der Waals surface area contributed by atoms with E-state index in [0.29, 0.717) is 5.56 Å². The molecule has 1 aromatic carbocycles. The van der Waals surface area contributed by atoms with Gasteiger partial charge in [-0.1, -0.05) is 23.8 Å². The Morgan fingerprint density at radius 3 is 2.71 bits per heavy atom. The van der Waals surface area contributed by atoms with Gasteiger partial charge in [0.05, 0.1) is 17.7 Å². The van der Waals surface area contributed by atoms with E-state index >= 15 is 0 Å². The molecule has 2 aromatic rings. The quantitative estimate of drug-likeness (QED) is 0.503. The number of nitrogens with zero attached hydrogens (tertiary/aromatic N) is 2. The fraction of sp³-hybridized carbons (Fsp3) is 0.154. The van der Waals surface area contributed by atoms with Crippen molar-refractivity contribution in [3.05, 3.63) is 72.5 Å². The molecule has 1 aromatic heterocycles. The van der Waals surface area contributed by atoms with Crippen molar-refractivity contribution in [3.63, 3.8) is 0 Å². The largest absolute Gasteiger partial charge is 0.350 e. The molecule has 0 spiro atoms. The Bertz CT molecular complexity index is 834. The number of carbonyl (C=O) groups excluding carboxylic acids is 1. The molecule has 8 nitrogen and oxygen atoms in total. The molecular weight excluding hydrogens is 278 g/mol. The standard InChI is InChI=1S/C13H11N3O5/c1-8-3-2-4-9(5-8)11(17)7-15-6-10(16(20)21)12(18)14-13(15)19/h2-6H,7H2,1H3,(H,14,18,19). The van der Waals surface area contributed by atoms with E-state index in [1.807, 2.05) is 18.0 Å². The van der Waals surface area contributed by atoms with Gasteiger partial charge >= 0.3 is 16.9 Å². The Morgan fingerprint density at radius 1 is 1.38 bits per heavy atom. The minimum Gasteiger partial charge on any atom is -0.292 e. The lowest BCUT2D eigenvalue weighted by Gasteiger charge is -2.05. The topological polar surface area (TPSA) is 115 Å². The Hall–Kier alpha value is -3.03. The molecule has 1 N–H and O–H groups in total. The van der Waals surface area contributed by atoms with Crippen LogP contribution in [0.25, 0.3) is 0 Å². The molecule has 0 saturated heterocycles. The van der Waals surface area contributed by atoms with Crippen LogP contribution >= 0.6 is 0 Å². The van der Waals surface area contributed by atoms with Crippen molar-refractivity contribution in [1.82, 2.24) is 9.55 Å². The number of nitrogens with one attached hydrogen (secondary N) is 1. The zero-order valence-corrected chi connectivity index (χ0v) is 11.0. The lowest BCUT2D eigenvalue weighted by molar-refractivity contribution is -0.386. The van der Waals surface area contributed by atoms with E-state index in [4.69, 9.17) is 0 Å². The number of hydrogen-bond donors (Lipinski definition) is 1. The molecule has 8 heteroatoms. The second-order valence-corrected chi connectivity index (χ2v) is 4.45. The first kappa shape index (κ1) is 14.4. The fourth-order valence-electron chi connectivity index (χ4n) is 1.81. The van der Waals surface area contributed by atoms with Gasteiger partial charge in [-0.05, 0) is 13.0 Å². The number of carbonyl (C=O) groups is 1. The predicted octanol–water partition coefficient (Wildman–Crippen LogP) is 0.636. The summed E-state index contributed by atoms with van der Waals surface area (Å²) in [6, 6.07) is 6.74. The number of rotatable bonds is 4. The molecule has 0 aliphatic carbocycles. The number of nitro groups is 1. The smallest absolute Gasteiger partial charge is 0.292 e. The van der Waals surface area contributed by atoms with Gasteiger partial charge in [-0.2, -0.15) is 0 Å². The molecule has 21 heavy (non-hydrogen) atoms. The van der Waals surface area contributed by atoms with Gasteiger partial charge in [-0.25, -0.2) is 4.79 Å². The lowest BCUT2D eigenvalue weighted by atomic mass is 10.1. The number of benzene rings is 1. The van der Waals surface area contributed by atoms with Crippen LogP contribution in [0.2, 0.25) is 0 Å². The van der Waals surface area contributed by atoms with Gasteiger partial charge in [0.2, 0.25) is 0 Å². The van der Waals surface area contributed by atoms with E-state index in [-0.39, 0.29) is 12.3 Å². The first-order valence-corrected chi connectivity index (χ1v) is 5.96. The third kappa shape index (κ3) is 3.11. The van der Waals surface area contributed by atoms with Crippen LogP contribution < -0.4 is 11.2 Å². The van der Waals surface area contributed by atoms with Crippen LogP contribution in [0.15, 0.2) is 40.1 Å². The van der Waals surface area contributed by atoms with Crippen molar-refractivity contribution < 1.29 is 9.72 Å². The molecular formula is C13H11N3O5. The number of Topliss-reactive ketones (excluding diaryl/α,β-unsaturated/α-hetero) is 1. The van der Waals surface area contributed by atoms with E-state index in [0.717, 1.165) is 16.3 Å². The second-order valence-electron chi connectivity index (χ2n) is 4.45. The van der Waals surface area contributed by atoms with Crippen LogP contribution in [0.1, 0.15) is 15.9 Å². The summed E-state index contributed by atoms with van der Waals surface area (Å²) in [7, 11) is 0. The highest BCUT2D eigenvalue weighted by atomic mass is 16.6. The van der Waals surface area contributed by atoms with Crippen molar-refractivity contribution >= 4 is 11.5 Å². The maximum atomic E-state index is 12.1. The molecule has 0 amide bonds. The van der Waals surface area contributed by atoms with Crippen molar-refractivity contribution in [2.45, 2.75) is 13.5 Å². The van der Waals surface area contributed by atoms with Crippen molar-refractivity contribution in [2.75, 3.05) is 0 Å². The normalized spacial score (nSPS) is 10.3. The highest BCUT2D eigenvalue weighted by molar-refractivity contribution is 5.96. The van der Waals surface area contributed by atoms with Crippen LogP contribution in [-0.2, 0) is 6.54 Å². The fourth-order valence-corrected chi connectivity index (χ4v) is 1.81. The highest BCUT2D eigenvalue weighted by Gasteiger charge is 2.16. The summed E-state index contributed by atoms with van der Waals surface area (Å²) in [6.07, 6.45) is 0.773. The molecule has 2 rings (SSSR count). The SMILES string of the molecule is Cc1cccc(C(=O)Cn2cc([N+](=O)[O-])c(=O)[nH]c2=O)c1. The third-order valence-corrected chi connectivity index (χ3v) is 2.84. The minimum absolute atomic E-state index is 0.385. The van der Waals surface area contributed by atoms with Crippen LogP contribution in [0, 0.1) is 17.0 Å². The monoisotopic (exact) mass is 289 g/mol. The molecule has 0 bridgehead atoms. The van der Waals surface area contributed by atoms with Gasteiger partial charge in [0, 0.05) is 5.56 Å². The predicted molar refractivity (Wildman–Crippen MR) is 73.5 cm³/mol. The van der Waals surface area contributed by atoms with Crippen LogP contribution in [0.4, 0.5) is 5.69 Å². The number of hydrogen-bond acceptors (Lipinski definition) is 5. The third-order valence-electron chi connectivity index (χ3n) is 2.84. The van der Waals surface area contributed by atoms with Gasteiger partial charge in [0.1, 0.15) is 0 Å². The average molecular weight is 289 g/mol. The summed E-state index contributed by atoms with van der Waals surface area (Å²) in [5.74, 6) is -0.387.